The fourth-order valence-electron chi connectivity index (χ4n) is 4.63. The average Bonchev–Trinajstić information content (AvgIpc) is 3.07. The molecule has 0 aromatic carbocycles. The molecule has 0 radical (unpaired) electrons. The number of nitrogens with zero attached hydrogens (tertiary/aromatic N) is 4. The number of nitrogen functional groups attached to an aromatic ring is 1. The third kappa shape index (κ3) is 4.70. The normalized spacial score (nSPS) is 30.5. The topological polar surface area (TPSA) is 127 Å². The zero-order valence-electron chi connectivity index (χ0n) is 19.3. The largest absolute Gasteiger partial charge is 0.382 e. The number of fused-ring (bicyclic) bond motifs is 3. The maximum atomic E-state index is 10.9. The third-order valence-electron chi connectivity index (χ3n) is 5.42. The van der Waals surface area contributed by atoms with E-state index in [4.69, 9.17) is 36.1 Å². The third-order valence-corrected chi connectivity index (χ3v) is 7.17. The van der Waals surface area contributed by atoms with Gasteiger partial charge in [-0.3, -0.25) is 9.09 Å². The van der Waals surface area contributed by atoms with Crippen LogP contribution in [0.1, 0.15) is 60.6 Å². The highest BCUT2D eigenvalue weighted by molar-refractivity contribution is 8.07. The second-order valence-electron chi connectivity index (χ2n) is 10.7. The van der Waals surface area contributed by atoms with E-state index < -0.39 is 36.4 Å². The summed E-state index contributed by atoms with van der Waals surface area (Å²) in [5, 5.41) is 0. The molecule has 0 amide bonds. The number of rotatable bonds is 5. The minimum Gasteiger partial charge on any atom is -0.382 e. The molecule has 2 bridgehead atoms. The second kappa shape index (κ2) is 7.94. The molecule has 178 valence electrons. The molecule has 10 nitrogen and oxygen atoms in total. The Kier molecular flexibility index (Phi) is 5.94. The van der Waals surface area contributed by atoms with Gasteiger partial charge in [-0.1, -0.05) is 20.8 Å². The number of nitrogens with two attached hydrogens (primary N) is 1. The number of anilines is 1. The van der Waals surface area contributed by atoms with Crippen LogP contribution in [0.5, 0.6) is 0 Å². The van der Waals surface area contributed by atoms with E-state index in [1.807, 2.05) is 20.8 Å². The summed E-state index contributed by atoms with van der Waals surface area (Å²) in [6.45, 7) is 8.81. The fourth-order valence-corrected chi connectivity index (χ4v) is 6.91. The van der Waals surface area contributed by atoms with Crippen LogP contribution in [0.3, 0.4) is 0 Å². The van der Waals surface area contributed by atoms with Gasteiger partial charge in [0, 0.05) is 6.42 Å². The number of imidazole rings is 1. The molecule has 4 rings (SSSR count). The van der Waals surface area contributed by atoms with E-state index in [9.17, 15) is 4.89 Å². The summed E-state index contributed by atoms with van der Waals surface area (Å²) in [4.78, 5) is 23.6. The standard InChI is InChI=1S/C20H32N5O5PS/c1-18(2,3)9-20-7-8-27-13(14(20)29-31(26,32)30-19(4,5)6)17(28-20)25-11-24-12-15(21)22-10-23-16(12)25/h10-11,13-14,17H,7-9H2,1-6H3,(H,26,32)(H2,21,22,23)/t13-,14+,17-,20-,31?/m1/s1. The Morgan fingerprint density at radius 3 is 2.66 bits per heavy atom. The summed E-state index contributed by atoms with van der Waals surface area (Å²) in [6, 6.07) is 0. The van der Waals surface area contributed by atoms with Gasteiger partial charge in [0.05, 0.1) is 18.5 Å². The molecule has 0 spiro atoms. The Balaban J connectivity index is 1.75. The van der Waals surface area contributed by atoms with Crippen LogP contribution in [0.2, 0.25) is 0 Å². The molecule has 2 aromatic heterocycles. The first-order valence-electron chi connectivity index (χ1n) is 10.6. The lowest BCUT2D eigenvalue weighted by Gasteiger charge is -2.43. The molecule has 3 N–H and O–H groups in total. The van der Waals surface area contributed by atoms with Crippen LogP contribution in [0.25, 0.3) is 11.2 Å². The van der Waals surface area contributed by atoms with E-state index in [2.05, 4.69) is 35.7 Å². The van der Waals surface area contributed by atoms with Crippen LogP contribution in [-0.4, -0.2) is 54.4 Å². The van der Waals surface area contributed by atoms with Crippen molar-refractivity contribution in [1.29, 1.82) is 0 Å². The van der Waals surface area contributed by atoms with E-state index in [-0.39, 0.29) is 11.2 Å². The van der Waals surface area contributed by atoms with Crippen molar-refractivity contribution in [3.63, 3.8) is 0 Å². The van der Waals surface area contributed by atoms with Crippen LogP contribution >= 0.6 is 6.72 Å². The van der Waals surface area contributed by atoms with E-state index in [0.29, 0.717) is 30.6 Å². The summed E-state index contributed by atoms with van der Waals surface area (Å²) in [7, 11) is 0. The molecule has 0 saturated carbocycles. The van der Waals surface area contributed by atoms with Gasteiger partial charge in [-0.2, -0.15) is 0 Å². The molecule has 4 heterocycles. The first-order valence-corrected chi connectivity index (χ1v) is 13.2. The zero-order valence-corrected chi connectivity index (χ0v) is 21.0. The van der Waals surface area contributed by atoms with Gasteiger partial charge in [0.15, 0.2) is 17.7 Å². The van der Waals surface area contributed by atoms with Crippen LogP contribution in [0.4, 0.5) is 5.82 Å². The summed E-state index contributed by atoms with van der Waals surface area (Å²) in [5.74, 6) is 0.289. The van der Waals surface area contributed by atoms with E-state index in [1.54, 1.807) is 10.9 Å². The van der Waals surface area contributed by atoms with Crippen LogP contribution in [-0.2, 0) is 30.3 Å². The molecule has 12 heteroatoms. The molecule has 5 atom stereocenters. The summed E-state index contributed by atoms with van der Waals surface area (Å²) in [5.41, 5.74) is 5.53. The lowest BCUT2D eigenvalue weighted by atomic mass is 9.76. The SMILES string of the molecule is CC(C)(C)C[C@@]12CCO[C@@H]([C@H](n3cnc4c(N)ncnc43)O1)[C@@H]2OP(O)(=S)OC(C)(C)C. The van der Waals surface area contributed by atoms with Crippen molar-refractivity contribution < 1.29 is 23.4 Å². The Bertz CT molecular complexity index is 1050. The van der Waals surface area contributed by atoms with Gasteiger partial charge in [-0.15, -0.1) is 0 Å². The van der Waals surface area contributed by atoms with Gasteiger partial charge in [0.25, 0.3) is 0 Å². The highest BCUT2D eigenvalue weighted by Gasteiger charge is 2.62. The summed E-state index contributed by atoms with van der Waals surface area (Å²) in [6.07, 6.45) is 2.52. The highest BCUT2D eigenvalue weighted by Crippen LogP contribution is 2.58. The van der Waals surface area contributed by atoms with Crippen LogP contribution in [0, 0.1) is 5.41 Å². The molecule has 2 aliphatic heterocycles. The van der Waals surface area contributed by atoms with Crippen molar-refractivity contribution in [3.8, 4) is 0 Å². The first-order chi connectivity index (χ1) is 14.7. The van der Waals surface area contributed by atoms with Gasteiger partial charge < -0.3 is 24.6 Å². The average molecular weight is 486 g/mol. The highest BCUT2D eigenvalue weighted by atomic mass is 32.5. The molecule has 2 aromatic rings. The van der Waals surface area contributed by atoms with Crippen LogP contribution in [0.15, 0.2) is 12.7 Å². The number of hydrogen-bond acceptors (Lipinski definition) is 9. The lowest BCUT2D eigenvalue weighted by molar-refractivity contribution is -0.134. The van der Waals surface area contributed by atoms with Gasteiger partial charge in [-0.25, -0.2) is 15.0 Å². The summed E-state index contributed by atoms with van der Waals surface area (Å²) >= 11 is 5.38. The first kappa shape index (κ1) is 23.9. The van der Waals surface area contributed by atoms with Crippen molar-refractivity contribution in [2.45, 2.75) is 84.0 Å². The monoisotopic (exact) mass is 485 g/mol. The second-order valence-corrected chi connectivity index (χ2v) is 13.4. The Morgan fingerprint density at radius 2 is 2.00 bits per heavy atom. The Hall–Kier alpha value is -1.20. The lowest BCUT2D eigenvalue weighted by Crippen LogP contribution is -2.51. The van der Waals surface area contributed by atoms with Crippen molar-refractivity contribution in [2.75, 3.05) is 12.3 Å². The maximum absolute atomic E-state index is 10.9. The molecule has 2 fully saturated rings. The van der Waals surface area contributed by atoms with Crippen molar-refractivity contribution in [2.24, 2.45) is 5.41 Å². The minimum absolute atomic E-state index is 0.0785. The van der Waals surface area contributed by atoms with Gasteiger partial charge in [0.2, 0.25) is 0 Å². The van der Waals surface area contributed by atoms with Crippen molar-refractivity contribution in [3.05, 3.63) is 12.7 Å². The molecule has 0 aliphatic carbocycles. The van der Waals surface area contributed by atoms with Gasteiger partial charge in [0.1, 0.15) is 29.7 Å². The van der Waals surface area contributed by atoms with Crippen molar-refractivity contribution >= 4 is 35.5 Å². The summed E-state index contributed by atoms with van der Waals surface area (Å²) < 4.78 is 26.5. The fraction of sp³-hybridized carbons (Fsp3) is 0.750. The van der Waals surface area contributed by atoms with E-state index in [0.717, 1.165) is 0 Å². The van der Waals surface area contributed by atoms with Crippen molar-refractivity contribution in [1.82, 2.24) is 19.5 Å². The molecular weight excluding hydrogens is 453 g/mol. The molecule has 2 aliphatic rings. The van der Waals surface area contributed by atoms with E-state index in [1.165, 1.54) is 6.33 Å². The maximum Gasteiger partial charge on any atom is 0.325 e. The van der Waals surface area contributed by atoms with Gasteiger partial charge in [-0.05, 0) is 44.4 Å². The molecule has 1 unspecified atom stereocenters. The predicted molar refractivity (Wildman–Crippen MR) is 123 cm³/mol. The zero-order chi connectivity index (χ0) is 23.5. The van der Waals surface area contributed by atoms with Gasteiger partial charge >= 0.3 is 6.72 Å². The minimum atomic E-state index is -3.58. The van der Waals surface area contributed by atoms with E-state index >= 15 is 0 Å². The molecular formula is C20H32N5O5PS. The number of ether oxygens (including phenoxy) is 2. The number of aromatic nitrogens is 4. The Labute approximate surface area is 193 Å². The van der Waals surface area contributed by atoms with Crippen LogP contribution < -0.4 is 5.73 Å². The number of hydrogen-bond donors (Lipinski definition) is 2. The predicted octanol–water partition coefficient (Wildman–Crippen LogP) is 3.32. The molecule has 2 saturated heterocycles. The smallest absolute Gasteiger partial charge is 0.325 e. The molecule has 32 heavy (non-hydrogen) atoms. The quantitative estimate of drug-likeness (QED) is 0.609. The Morgan fingerprint density at radius 1 is 1.28 bits per heavy atom.